The summed E-state index contributed by atoms with van der Waals surface area (Å²) in [6, 6.07) is 0. The van der Waals surface area contributed by atoms with Crippen molar-refractivity contribution in [1.29, 1.82) is 0 Å². The number of carbonyl (C=O) groups excluding carboxylic acids is 1. The number of halogens is 6. The fourth-order valence-electron chi connectivity index (χ4n) is 3.84. The Balaban J connectivity index is 2.05. The number of ketones is 1. The second-order valence-electron chi connectivity index (χ2n) is 5.78. The van der Waals surface area contributed by atoms with E-state index in [9.17, 15) is 4.79 Å². The molecule has 2 bridgehead atoms. The van der Waals surface area contributed by atoms with E-state index in [1.165, 1.54) is 0 Å². The quantitative estimate of drug-likeness (QED) is 0.411. The van der Waals surface area contributed by atoms with Gasteiger partial charge < -0.3 is 0 Å². The van der Waals surface area contributed by atoms with Crippen molar-refractivity contribution in [3.63, 3.8) is 0 Å². The van der Waals surface area contributed by atoms with Crippen LogP contribution >= 0.6 is 78.3 Å². The molecule has 20 heavy (non-hydrogen) atoms. The van der Waals surface area contributed by atoms with Gasteiger partial charge in [0.05, 0.1) is 10.1 Å². The van der Waals surface area contributed by atoms with Gasteiger partial charge in [0.2, 0.25) is 0 Å². The molecule has 3 aliphatic carbocycles. The molecule has 7 heteroatoms. The summed E-state index contributed by atoms with van der Waals surface area (Å²) < 4.78 is 0. The standard InChI is InChI=1S/C13H12Br2Cl4O/c14-7-3-1-5-6(2-4-8(7)15)13(19)10(17)9(16)12(5,18)11(13)20/h5-8H,1-4H2. The number of carbonyl (C=O) groups is 1. The number of rotatable bonds is 0. The molecule has 0 spiro atoms. The van der Waals surface area contributed by atoms with E-state index in [0.717, 1.165) is 25.7 Å². The first-order valence-corrected chi connectivity index (χ1v) is 9.87. The van der Waals surface area contributed by atoms with Gasteiger partial charge in [0.1, 0.15) is 9.75 Å². The molecule has 0 amide bonds. The highest BCUT2D eigenvalue weighted by Crippen LogP contribution is 2.68. The van der Waals surface area contributed by atoms with Crippen LogP contribution in [-0.2, 0) is 4.79 Å². The largest absolute Gasteiger partial charge is 0.295 e. The van der Waals surface area contributed by atoms with E-state index in [0.29, 0.717) is 9.65 Å². The van der Waals surface area contributed by atoms with Crippen LogP contribution in [-0.4, -0.2) is 25.2 Å². The van der Waals surface area contributed by atoms with Gasteiger partial charge >= 0.3 is 0 Å². The van der Waals surface area contributed by atoms with E-state index in [-0.39, 0.29) is 27.7 Å². The van der Waals surface area contributed by atoms with Crippen molar-refractivity contribution in [3.8, 4) is 0 Å². The molecule has 2 saturated carbocycles. The molecule has 0 aliphatic heterocycles. The van der Waals surface area contributed by atoms with Gasteiger partial charge in [0.25, 0.3) is 0 Å². The third kappa shape index (κ3) is 1.89. The Bertz CT molecular complexity index is 469. The van der Waals surface area contributed by atoms with Gasteiger partial charge in [-0.15, -0.1) is 23.2 Å². The lowest BCUT2D eigenvalue weighted by Gasteiger charge is -2.39. The highest BCUT2D eigenvalue weighted by molar-refractivity contribution is 9.12. The van der Waals surface area contributed by atoms with E-state index in [1.807, 2.05) is 0 Å². The zero-order chi connectivity index (χ0) is 14.9. The first kappa shape index (κ1) is 16.4. The second-order valence-corrected chi connectivity index (χ2v) is 10.1. The first-order valence-electron chi connectivity index (χ1n) is 6.52. The maximum atomic E-state index is 12.7. The smallest absolute Gasteiger partial charge is 0.186 e. The fourth-order valence-corrected chi connectivity index (χ4v) is 6.80. The molecule has 0 aromatic rings. The third-order valence-corrected chi connectivity index (χ3v) is 10.3. The maximum Gasteiger partial charge on any atom is 0.186 e. The monoisotopic (exact) mass is 482 g/mol. The minimum Gasteiger partial charge on any atom is -0.295 e. The lowest BCUT2D eigenvalue weighted by atomic mass is 9.75. The summed E-state index contributed by atoms with van der Waals surface area (Å²) in [7, 11) is 0. The molecule has 6 unspecified atom stereocenters. The van der Waals surface area contributed by atoms with Crippen molar-refractivity contribution in [2.24, 2.45) is 11.8 Å². The zero-order valence-corrected chi connectivity index (χ0v) is 16.5. The van der Waals surface area contributed by atoms with E-state index in [4.69, 9.17) is 46.4 Å². The lowest BCUT2D eigenvalue weighted by molar-refractivity contribution is -0.119. The van der Waals surface area contributed by atoms with Crippen LogP contribution in [0.25, 0.3) is 0 Å². The van der Waals surface area contributed by atoms with Crippen molar-refractivity contribution in [2.75, 3.05) is 0 Å². The van der Waals surface area contributed by atoms with Gasteiger partial charge in [-0.3, -0.25) is 4.79 Å². The summed E-state index contributed by atoms with van der Waals surface area (Å²) in [5.74, 6) is -0.300. The molecule has 2 fully saturated rings. The third-order valence-electron chi connectivity index (χ3n) is 4.90. The SMILES string of the molecule is O=C1C2(Cl)C(Cl)=C(Cl)C1(Cl)C1CCC(Br)C(Br)CCC12. The molecular weight excluding hydrogens is 474 g/mol. The highest BCUT2D eigenvalue weighted by atomic mass is 79.9. The summed E-state index contributed by atoms with van der Waals surface area (Å²) >= 11 is 33.1. The van der Waals surface area contributed by atoms with Gasteiger partial charge in [-0.25, -0.2) is 0 Å². The Labute approximate surface area is 155 Å². The van der Waals surface area contributed by atoms with Crippen molar-refractivity contribution in [1.82, 2.24) is 0 Å². The van der Waals surface area contributed by atoms with Crippen molar-refractivity contribution >= 4 is 84.0 Å². The molecule has 3 rings (SSSR count). The normalized spacial score (nSPS) is 52.0. The highest BCUT2D eigenvalue weighted by Gasteiger charge is 2.74. The molecule has 0 aromatic carbocycles. The van der Waals surface area contributed by atoms with E-state index in [2.05, 4.69) is 31.9 Å². The van der Waals surface area contributed by atoms with Crippen LogP contribution in [0.3, 0.4) is 0 Å². The number of alkyl halides is 4. The van der Waals surface area contributed by atoms with E-state index >= 15 is 0 Å². The minimum atomic E-state index is -1.21. The van der Waals surface area contributed by atoms with Crippen molar-refractivity contribution in [3.05, 3.63) is 10.1 Å². The fraction of sp³-hybridized carbons (Fsp3) is 0.769. The van der Waals surface area contributed by atoms with Crippen LogP contribution in [0, 0.1) is 11.8 Å². The average molecular weight is 486 g/mol. The first-order chi connectivity index (χ1) is 9.25. The van der Waals surface area contributed by atoms with Crippen LogP contribution < -0.4 is 0 Å². The average Bonchev–Trinajstić information content (AvgIpc) is 2.65. The lowest BCUT2D eigenvalue weighted by Crippen LogP contribution is -2.39. The predicted octanol–water partition coefficient (Wildman–Crippen LogP) is 5.56. The number of allylic oxidation sites excluding steroid dienone is 2. The topological polar surface area (TPSA) is 17.1 Å². The van der Waals surface area contributed by atoms with Gasteiger partial charge in [0, 0.05) is 9.65 Å². The summed E-state index contributed by atoms with van der Waals surface area (Å²) in [6.45, 7) is 0. The Morgan fingerprint density at radius 2 is 1.20 bits per heavy atom. The number of Topliss-reactive ketones (excluding diaryl/α,β-unsaturated/α-hetero) is 1. The number of hydrogen-bond donors (Lipinski definition) is 0. The Hall–Kier alpha value is 1.53. The minimum absolute atomic E-state index is 0.0378. The molecule has 1 nitrogen and oxygen atoms in total. The molecule has 0 radical (unpaired) electrons. The molecule has 112 valence electrons. The Morgan fingerprint density at radius 3 is 1.55 bits per heavy atom. The molecular formula is C13H12Br2Cl4O. The molecule has 0 heterocycles. The van der Waals surface area contributed by atoms with Crippen LogP contribution in [0.1, 0.15) is 25.7 Å². The molecule has 0 saturated heterocycles. The summed E-state index contributed by atoms with van der Waals surface area (Å²) in [6.07, 6.45) is 3.47. The molecule has 0 N–H and O–H groups in total. The number of hydrogen-bond acceptors (Lipinski definition) is 1. The summed E-state index contributed by atoms with van der Waals surface area (Å²) in [4.78, 5) is 11.0. The van der Waals surface area contributed by atoms with Gasteiger partial charge in [-0.05, 0) is 37.5 Å². The van der Waals surface area contributed by atoms with Gasteiger partial charge in [-0.1, -0.05) is 55.1 Å². The number of fused-ring (bicyclic) bond motifs is 5. The second kappa shape index (κ2) is 5.27. The summed E-state index contributed by atoms with van der Waals surface area (Å²) in [5.41, 5.74) is 0. The van der Waals surface area contributed by atoms with Crippen LogP contribution in [0.5, 0.6) is 0 Å². The van der Waals surface area contributed by atoms with Crippen molar-refractivity contribution < 1.29 is 4.79 Å². The molecule has 6 atom stereocenters. The zero-order valence-electron chi connectivity index (χ0n) is 10.3. The van der Waals surface area contributed by atoms with Crippen LogP contribution in [0.2, 0.25) is 0 Å². The van der Waals surface area contributed by atoms with E-state index < -0.39 is 9.75 Å². The van der Waals surface area contributed by atoms with E-state index in [1.54, 1.807) is 0 Å². The van der Waals surface area contributed by atoms with Crippen LogP contribution in [0.15, 0.2) is 10.1 Å². The Morgan fingerprint density at radius 1 is 0.850 bits per heavy atom. The summed E-state index contributed by atoms with van der Waals surface area (Å²) in [5, 5.41) is 0.480. The van der Waals surface area contributed by atoms with Crippen molar-refractivity contribution in [2.45, 2.75) is 45.1 Å². The molecule has 0 aromatic heterocycles. The van der Waals surface area contributed by atoms with Crippen LogP contribution in [0.4, 0.5) is 0 Å². The Kier molecular flexibility index (Phi) is 4.32. The van der Waals surface area contributed by atoms with Gasteiger partial charge in [0.15, 0.2) is 5.78 Å². The van der Waals surface area contributed by atoms with Gasteiger partial charge in [-0.2, -0.15) is 0 Å². The maximum absolute atomic E-state index is 12.7. The molecule has 3 aliphatic rings. The predicted molar refractivity (Wildman–Crippen MR) is 91.8 cm³/mol.